The van der Waals surface area contributed by atoms with E-state index in [0.717, 1.165) is 27.5 Å². The quantitative estimate of drug-likeness (QED) is 0.162. The molecule has 0 spiro atoms. The molecule has 0 unspecified atom stereocenters. The van der Waals surface area contributed by atoms with Gasteiger partial charge in [0.25, 0.3) is 0 Å². The van der Waals surface area contributed by atoms with E-state index in [4.69, 9.17) is 4.42 Å². The predicted molar refractivity (Wildman–Crippen MR) is 260 cm³/mol. The van der Waals surface area contributed by atoms with Crippen molar-refractivity contribution < 1.29 is 4.42 Å². The van der Waals surface area contributed by atoms with Crippen LogP contribution in [-0.4, -0.2) is 0 Å². The van der Waals surface area contributed by atoms with E-state index in [1.165, 1.54) is 114 Å². The second kappa shape index (κ2) is 12.3. The molecule has 1 nitrogen and oxygen atoms in total. The van der Waals surface area contributed by atoms with Gasteiger partial charge in [-0.1, -0.05) is 182 Å². The first-order valence-electron chi connectivity index (χ1n) is 21.2. The average molecular weight is 771 g/mol. The lowest BCUT2D eigenvalue weighted by molar-refractivity contribution is 0.669. The van der Waals surface area contributed by atoms with Gasteiger partial charge in [0.15, 0.2) is 0 Å². The molecule has 1 aromatic heterocycles. The summed E-state index contributed by atoms with van der Waals surface area (Å²) in [5.41, 5.74) is 11.5. The molecule has 0 fully saturated rings. The molecule has 0 radical (unpaired) electrons. The summed E-state index contributed by atoms with van der Waals surface area (Å²) in [6.45, 7) is 0. The molecular weight excluding hydrogens is 737 g/mol. The Morgan fingerprint density at radius 1 is 0.230 bits per heavy atom. The highest BCUT2D eigenvalue weighted by Crippen LogP contribution is 2.50. The largest absolute Gasteiger partial charge is 0.456 e. The summed E-state index contributed by atoms with van der Waals surface area (Å²) in [4.78, 5) is 0. The molecule has 14 rings (SSSR count). The molecular formula is C60H34O. The van der Waals surface area contributed by atoms with E-state index < -0.39 is 0 Å². The normalized spacial score (nSPS) is 12.3. The van der Waals surface area contributed by atoms with Crippen molar-refractivity contribution in [2.24, 2.45) is 0 Å². The van der Waals surface area contributed by atoms with Gasteiger partial charge >= 0.3 is 0 Å². The van der Waals surface area contributed by atoms with Gasteiger partial charge in [0.2, 0.25) is 0 Å². The number of benzene rings is 13. The molecule has 0 bridgehead atoms. The third kappa shape index (κ3) is 4.61. The van der Waals surface area contributed by atoms with E-state index in [1.807, 2.05) is 6.07 Å². The second-order valence-electron chi connectivity index (χ2n) is 16.7. The van der Waals surface area contributed by atoms with Gasteiger partial charge in [-0.15, -0.1) is 0 Å². The Morgan fingerprint density at radius 3 is 1.38 bits per heavy atom. The van der Waals surface area contributed by atoms with Crippen molar-refractivity contribution in [2.45, 2.75) is 0 Å². The van der Waals surface area contributed by atoms with Crippen molar-refractivity contribution in [2.75, 3.05) is 0 Å². The molecule has 1 heterocycles. The van der Waals surface area contributed by atoms with Gasteiger partial charge in [-0.3, -0.25) is 0 Å². The number of rotatable bonds is 4. The molecule has 13 aromatic carbocycles. The molecule has 0 aliphatic heterocycles. The molecule has 0 saturated carbocycles. The highest BCUT2D eigenvalue weighted by molar-refractivity contribution is 6.28. The Balaban J connectivity index is 1.10. The van der Waals surface area contributed by atoms with E-state index >= 15 is 0 Å². The summed E-state index contributed by atoms with van der Waals surface area (Å²) in [7, 11) is 0. The van der Waals surface area contributed by atoms with Crippen LogP contribution in [0.2, 0.25) is 0 Å². The first-order valence-corrected chi connectivity index (χ1v) is 21.2. The standard InChI is InChI=1S/C60H34O/c1-3-16-47(42(13-1)44-28-23-39-21-19-35-9-7-11-37-25-30-49(44)58(39)56(35)37)60-48-17-4-2-14-43(48)52(34-51(60)41-27-32-55-53(33-41)46-15-5-6-18-54(46)61-55)45-29-24-40-22-20-36-10-8-12-38-26-31-50(45)59(40)57(36)38/h1-34H. The van der Waals surface area contributed by atoms with Gasteiger partial charge in [0, 0.05) is 10.8 Å². The smallest absolute Gasteiger partial charge is 0.135 e. The summed E-state index contributed by atoms with van der Waals surface area (Å²) in [5.74, 6) is 0. The van der Waals surface area contributed by atoms with Gasteiger partial charge in [-0.25, -0.2) is 0 Å². The number of hydrogen-bond donors (Lipinski definition) is 0. The van der Waals surface area contributed by atoms with Gasteiger partial charge in [-0.2, -0.15) is 0 Å². The molecule has 280 valence electrons. The summed E-state index contributed by atoms with van der Waals surface area (Å²) in [5, 5.41) is 20.2. The zero-order chi connectivity index (χ0) is 39.8. The summed E-state index contributed by atoms with van der Waals surface area (Å²) < 4.78 is 6.39. The van der Waals surface area contributed by atoms with Crippen LogP contribution in [0.5, 0.6) is 0 Å². The molecule has 0 N–H and O–H groups in total. The Labute approximate surface area is 351 Å². The molecule has 0 atom stereocenters. The summed E-state index contributed by atoms with van der Waals surface area (Å²) in [6.07, 6.45) is 0. The van der Waals surface area contributed by atoms with Crippen molar-refractivity contribution >= 4 is 97.3 Å². The van der Waals surface area contributed by atoms with Crippen LogP contribution >= 0.6 is 0 Å². The second-order valence-corrected chi connectivity index (χ2v) is 16.7. The lowest BCUT2D eigenvalue weighted by Gasteiger charge is -2.22. The minimum absolute atomic E-state index is 0.897. The highest BCUT2D eigenvalue weighted by Gasteiger charge is 2.23. The SMILES string of the molecule is c1ccc(-c2ccc3ccc4cccc5ccc2c3c45)c(-c2c(-c3ccc4oc5ccccc5c4c3)cc(-c3ccc4ccc5cccc6ccc3c4c56)c3ccccc23)c1. The van der Waals surface area contributed by atoms with Crippen molar-refractivity contribution in [1.29, 1.82) is 0 Å². The number of para-hydroxylation sites is 1. The van der Waals surface area contributed by atoms with Crippen LogP contribution in [0.3, 0.4) is 0 Å². The fourth-order valence-electron chi connectivity index (χ4n) is 10.9. The zero-order valence-electron chi connectivity index (χ0n) is 33.0. The Morgan fingerprint density at radius 2 is 0.721 bits per heavy atom. The van der Waals surface area contributed by atoms with Crippen LogP contribution in [0.25, 0.3) is 142 Å². The maximum Gasteiger partial charge on any atom is 0.135 e. The van der Waals surface area contributed by atoms with Crippen LogP contribution in [0.4, 0.5) is 0 Å². The van der Waals surface area contributed by atoms with E-state index in [9.17, 15) is 0 Å². The number of hydrogen-bond acceptors (Lipinski definition) is 1. The maximum atomic E-state index is 6.39. The van der Waals surface area contributed by atoms with E-state index in [2.05, 4.69) is 200 Å². The summed E-state index contributed by atoms with van der Waals surface area (Å²) >= 11 is 0. The molecule has 0 aliphatic rings. The first kappa shape index (κ1) is 32.9. The first-order chi connectivity index (χ1) is 30.2. The van der Waals surface area contributed by atoms with Crippen LogP contribution < -0.4 is 0 Å². The van der Waals surface area contributed by atoms with E-state index in [1.54, 1.807) is 0 Å². The van der Waals surface area contributed by atoms with Crippen LogP contribution in [0.1, 0.15) is 0 Å². The van der Waals surface area contributed by atoms with Gasteiger partial charge in [0.1, 0.15) is 11.2 Å². The molecule has 1 heteroatoms. The minimum atomic E-state index is 0.897. The van der Waals surface area contributed by atoms with Crippen molar-refractivity contribution in [3.05, 3.63) is 206 Å². The topological polar surface area (TPSA) is 13.1 Å². The fourth-order valence-corrected chi connectivity index (χ4v) is 10.9. The zero-order valence-corrected chi connectivity index (χ0v) is 33.0. The van der Waals surface area contributed by atoms with E-state index in [-0.39, 0.29) is 0 Å². The monoisotopic (exact) mass is 770 g/mol. The van der Waals surface area contributed by atoms with E-state index in [0.29, 0.717) is 0 Å². The number of fused-ring (bicyclic) bond motifs is 4. The molecule has 14 aromatic rings. The molecule has 0 saturated heterocycles. The third-order valence-corrected chi connectivity index (χ3v) is 13.6. The number of furan rings is 1. The predicted octanol–water partition coefficient (Wildman–Crippen LogP) is 17.2. The van der Waals surface area contributed by atoms with Crippen LogP contribution in [0, 0.1) is 0 Å². The third-order valence-electron chi connectivity index (χ3n) is 13.6. The van der Waals surface area contributed by atoms with Crippen molar-refractivity contribution in [3.63, 3.8) is 0 Å². The Hall–Kier alpha value is -8.00. The van der Waals surface area contributed by atoms with Crippen molar-refractivity contribution in [3.8, 4) is 44.5 Å². The van der Waals surface area contributed by atoms with Gasteiger partial charge in [0.05, 0.1) is 0 Å². The maximum absolute atomic E-state index is 6.39. The van der Waals surface area contributed by atoms with Gasteiger partial charge in [-0.05, 0) is 144 Å². The van der Waals surface area contributed by atoms with Crippen molar-refractivity contribution in [1.82, 2.24) is 0 Å². The molecule has 0 aliphatic carbocycles. The highest BCUT2D eigenvalue weighted by atomic mass is 16.3. The molecule has 0 amide bonds. The lowest BCUT2D eigenvalue weighted by Crippen LogP contribution is -1.95. The average Bonchev–Trinajstić information content (AvgIpc) is 3.70. The van der Waals surface area contributed by atoms with Crippen LogP contribution in [-0.2, 0) is 0 Å². The van der Waals surface area contributed by atoms with Crippen LogP contribution in [0.15, 0.2) is 211 Å². The Bertz CT molecular complexity index is 4080. The van der Waals surface area contributed by atoms with Gasteiger partial charge < -0.3 is 4.42 Å². The summed E-state index contributed by atoms with van der Waals surface area (Å²) in [6, 6.07) is 76.7. The Kier molecular flexibility index (Phi) is 6.62. The fraction of sp³-hybridized carbons (Fsp3) is 0. The molecule has 61 heavy (non-hydrogen) atoms. The minimum Gasteiger partial charge on any atom is -0.456 e. The lowest BCUT2D eigenvalue weighted by atomic mass is 9.81.